The highest BCUT2D eigenvalue weighted by Crippen LogP contribution is 2.51. The fourth-order valence-corrected chi connectivity index (χ4v) is 4.70. The number of aliphatic hydroxyl groups is 4. The van der Waals surface area contributed by atoms with Gasteiger partial charge in [0.05, 0.1) is 30.9 Å². The SMILES string of the molecule is C[C@@H](O)COc1nc(NC2CCCC2)c2cnn([C@@H]3O[C@H](CO[C@@](C)(CO)P(=O)(O)O)[C@@H](O)[C@H]3O)c2n1. The molecule has 4 rings (SSSR count). The number of rotatable bonds is 11. The molecule has 2 aromatic rings. The van der Waals surface area contributed by atoms with Gasteiger partial charge in [0.2, 0.25) is 0 Å². The second-order valence-electron chi connectivity index (χ2n) is 9.70. The van der Waals surface area contributed by atoms with Gasteiger partial charge in [0.1, 0.15) is 30.7 Å². The minimum absolute atomic E-state index is 0.0241. The summed E-state index contributed by atoms with van der Waals surface area (Å²) in [6.45, 7) is 1.04. The van der Waals surface area contributed by atoms with E-state index in [1.807, 2.05) is 0 Å². The molecule has 1 saturated carbocycles. The van der Waals surface area contributed by atoms with Crippen LogP contribution in [0.15, 0.2) is 6.20 Å². The number of hydrogen-bond donors (Lipinski definition) is 7. The molecule has 0 spiro atoms. The van der Waals surface area contributed by atoms with Crippen molar-refractivity contribution in [3.05, 3.63) is 6.20 Å². The third-order valence-electron chi connectivity index (χ3n) is 6.63. The van der Waals surface area contributed by atoms with Gasteiger partial charge in [-0.3, -0.25) is 4.57 Å². The molecule has 0 aromatic carbocycles. The zero-order valence-electron chi connectivity index (χ0n) is 20.5. The maximum absolute atomic E-state index is 11.7. The van der Waals surface area contributed by atoms with Gasteiger partial charge in [-0.25, -0.2) is 4.68 Å². The number of aromatic nitrogens is 4. The summed E-state index contributed by atoms with van der Waals surface area (Å²) < 4.78 is 29.5. The van der Waals surface area contributed by atoms with E-state index in [2.05, 4.69) is 20.4 Å². The van der Waals surface area contributed by atoms with Crippen molar-refractivity contribution in [1.29, 1.82) is 0 Å². The Hall–Kier alpha value is -1.94. The molecule has 0 unspecified atom stereocenters. The molecule has 15 nitrogen and oxygen atoms in total. The van der Waals surface area contributed by atoms with E-state index in [4.69, 9.17) is 14.2 Å². The molecule has 6 atom stereocenters. The van der Waals surface area contributed by atoms with Crippen LogP contribution in [0.5, 0.6) is 6.01 Å². The summed E-state index contributed by atoms with van der Waals surface area (Å²) in [5, 5.41) is 46.3. The Morgan fingerprint density at radius 1 is 1.27 bits per heavy atom. The summed E-state index contributed by atoms with van der Waals surface area (Å²) >= 11 is 0. The average molecular weight is 548 g/mol. The molecule has 3 heterocycles. The van der Waals surface area contributed by atoms with Gasteiger partial charge < -0.3 is 49.7 Å². The lowest BCUT2D eigenvalue weighted by Crippen LogP contribution is -2.39. The number of hydrogen-bond acceptors (Lipinski definition) is 12. The predicted octanol–water partition coefficient (Wildman–Crippen LogP) is -0.538. The highest BCUT2D eigenvalue weighted by molar-refractivity contribution is 7.53. The van der Waals surface area contributed by atoms with Crippen molar-refractivity contribution < 1.29 is 49.0 Å². The predicted molar refractivity (Wildman–Crippen MR) is 128 cm³/mol. The maximum Gasteiger partial charge on any atom is 0.359 e. The van der Waals surface area contributed by atoms with Crippen LogP contribution >= 0.6 is 7.60 Å². The van der Waals surface area contributed by atoms with Crippen LogP contribution in [0.1, 0.15) is 45.8 Å². The van der Waals surface area contributed by atoms with Crippen molar-refractivity contribution in [2.45, 2.75) is 81.6 Å². The first kappa shape index (κ1) is 28.1. The van der Waals surface area contributed by atoms with Gasteiger partial charge in [0.15, 0.2) is 17.2 Å². The quantitative estimate of drug-likeness (QED) is 0.176. The Morgan fingerprint density at radius 3 is 2.59 bits per heavy atom. The van der Waals surface area contributed by atoms with Gasteiger partial charge in [-0.2, -0.15) is 15.1 Å². The van der Waals surface area contributed by atoms with Crippen molar-refractivity contribution in [1.82, 2.24) is 19.7 Å². The number of nitrogens with one attached hydrogen (secondary N) is 1. The van der Waals surface area contributed by atoms with Gasteiger partial charge >= 0.3 is 13.6 Å². The summed E-state index contributed by atoms with van der Waals surface area (Å²) in [4.78, 5) is 27.8. The molecule has 0 bridgehead atoms. The van der Waals surface area contributed by atoms with E-state index >= 15 is 0 Å². The number of fused-ring (bicyclic) bond motifs is 1. The van der Waals surface area contributed by atoms with Crippen molar-refractivity contribution in [2.24, 2.45) is 0 Å². The van der Waals surface area contributed by atoms with Crippen LogP contribution in [0.25, 0.3) is 11.0 Å². The third-order valence-corrected chi connectivity index (χ3v) is 8.13. The normalized spacial score (nSPS) is 27.5. The Balaban J connectivity index is 1.60. The standard InChI is InChI=1S/C21H34N5O10P/c1-11(28)8-34-20-24-17(23-12-5-3-4-6-12)13-7-22-26(18(13)25-20)19-16(30)15(29)14(36-19)9-35-21(2,10-27)37(31,32)33/h7,11-12,14-16,19,27-30H,3-6,8-10H2,1-2H3,(H,23,24,25)(H2,31,32,33)/t11-,14-,15-,16-,19-,21-/m1/s1. The van der Waals surface area contributed by atoms with Crippen LogP contribution in [-0.2, 0) is 14.0 Å². The van der Waals surface area contributed by atoms with E-state index in [1.54, 1.807) is 6.92 Å². The van der Waals surface area contributed by atoms with E-state index in [-0.39, 0.29) is 24.3 Å². The van der Waals surface area contributed by atoms with Crippen molar-refractivity contribution in [3.63, 3.8) is 0 Å². The molecule has 7 N–H and O–H groups in total. The van der Waals surface area contributed by atoms with E-state index in [1.165, 1.54) is 10.9 Å². The molecule has 1 aliphatic heterocycles. The van der Waals surface area contributed by atoms with Gasteiger partial charge in [0, 0.05) is 6.04 Å². The zero-order chi connectivity index (χ0) is 27.0. The monoisotopic (exact) mass is 547 g/mol. The van der Waals surface area contributed by atoms with Gasteiger partial charge in [-0.15, -0.1) is 0 Å². The molecule has 2 fully saturated rings. The Labute approximate surface area is 212 Å². The largest absolute Gasteiger partial charge is 0.461 e. The van der Waals surface area contributed by atoms with Gasteiger partial charge in [-0.1, -0.05) is 12.8 Å². The molecule has 0 radical (unpaired) electrons. The molecule has 1 aliphatic carbocycles. The molecular weight excluding hydrogens is 513 g/mol. The lowest BCUT2D eigenvalue weighted by atomic mass is 10.1. The maximum atomic E-state index is 11.7. The van der Waals surface area contributed by atoms with Crippen molar-refractivity contribution in [3.8, 4) is 6.01 Å². The van der Waals surface area contributed by atoms with E-state index < -0.39 is 56.8 Å². The second kappa shape index (κ2) is 11.0. The number of anilines is 1. The van der Waals surface area contributed by atoms with Gasteiger partial charge in [-0.05, 0) is 26.7 Å². The smallest absolute Gasteiger partial charge is 0.359 e. The molecular formula is C21H34N5O10P. The number of aliphatic hydroxyl groups excluding tert-OH is 4. The van der Waals surface area contributed by atoms with E-state index in [0.717, 1.165) is 32.6 Å². The molecule has 37 heavy (non-hydrogen) atoms. The van der Waals surface area contributed by atoms with E-state index in [9.17, 15) is 34.8 Å². The topological polar surface area (TPSA) is 222 Å². The van der Waals surface area contributed by atoms with Crippen molar-refractivity contribution in [2.75, 3.05) is 25.1 Å². The van der Waals surface area contributed by atoms with Crippen LogP contribution in [0.4, 0.5) is 5.82 Å². The Kier molecular flexibility index (Phi) is 8.38. The Morgan fingerprint density at radius 2 is 1.97 bits per heavy atom. The molecule has 2 aromatic heterocycles. The Bertz CT molecular complexity index is 1120. The van der Waals surface area contributed by atoms with Crippen LogP contribution in [0.3, 0.4) is 0 Å². The fraction of sp³-hybridized carbons (Fsp3) is 0.762. The minimum atomic E-state index is -4.86. The third kappa shape index (κ3) is 5.90. The van der Waals surface area contributed by atoms with Crippen LogP contribution in [0.2, 0.25) is 0 Å². The summed E-state index contributed by atoms with van der Waals surface area (Å²) in [5.41, 5.74) is 0.240. The highest BCUT2D eigenvalue weighted by Gasteiger charge is 2.48. The summed E-state index contributed by atoms with van der Waals surface area (Å²) in [6.07, 6.45) is -0.530. The summed E-state index contributed by atoms with van der Waals surface area (Å²) in [5.74, 6) is 0.469. The lowest BCUT2D eigenvalue weighted by molar-refractivity contribution is -0.104. The first-order chi connectivity index (χ1) is 17.4. The summed E-state index contributed by atoms with van der Waals surface area (Å²) in [6, 6.07) is 0.182. The molecule has 16 heteroatoms. The molecule has 2 aliphatic rings. The number of nitrogens with zero attached hydrogens (tertiary/aromatic N) is 4. The molecule has 208 valence electrons. The highest BCUT2D eigenvalue weighted by atomic mass is 31.2. The molecule has 1 saturated heterocycles. The minimum Gasteiger partial charge on any atom is -0.461 e. The average Bonchev–Trinajstić information content (AvgIpc) is 3.56. The summed E-state index contributed by atoms with van der Waals surface area (Å²) in [7, 11) is -4.86. The first-order valence-electron chi connectivity index (χ1n) is 12.1. The van der Waals surface area contributed by atoms with E-state index in [0.29, 0.717) is 11.2 Å². The molecule has 0 amide bonds. The second-order valence-corrected chi connectivity index (χ2v) is 11.7. The van der Waals surface area contributed by atoms with Gasteiger partial charge in [0.25, 0.3) is 0 Å². The van der Waals surface area contributed by atoms with Crippen LogP contribution in [-0.4, -0.2) is 106 Å². The van der Waals surface area contributed by atoms with Crippen LogP contribution in [0, 0.1) is 0 Å². The first-order valence-corrected chi connectivity index (χ1v) is 13.7. The fourth-order valence-electron chi connectivity index (χ4n) is 4.28. The number of ether oxygens (including phenoxy) is 3. The zero-order valence-corrected chi connectivity index (χ0v) is 21.4. The van der Waals surface area contributed by atoms with Crippen molar-refractivity contribution >= 4 is 24.4 Å². The van der Waals surface area contributed by atoms with Crippen LogP contribution < -0.4 is 10.1 Å². The lowest BCUT2D eigenvalue weighted by Gasteiger charge is -2.29.